The number of benzene rings is 1. The molecule has 0 atom stereocenters. The molecule has 0 aromatic heterocycles. The molecule has 0 aliphatic heterocycles. The molecule has 3 nitrogen and oxygen atoms in total. The largest absolute Gasteiger partial charge is 0.493 e. The fourth-order valence-corrected chi connectivity index (χ4v) is 2.41. The van der Waals surface area contributed by atoms with E-state index >= 15 is 0 Å². The van der Waals surface area contributed by atoms with Gasteiger partial charge in [0.25, 0.3) is 0 Å². The molecule has 0 heterocycles. The molecule has 3 N–H and O–H groups in total. The van der Waals surface area contributed by atoms with E-state index in [0.29, 0.717) is 6.61 Å². The molecule has 0 saturated heterocycles. The molecule has 106 valence electrons. The molecule has 1 aliphatic rings. The highest BCUT2D eigenvalue weighted by atomic mass is 16.5. The van der Waals surface area contributed by atoms with Gasteiger partial charge in [-0.3, -0.25) is 0 Å². The average Bonchev–Trinajstić information content (AvgIpc) is 3.05. The molecular weight excluding hydrogens is 236 g/mol. The van der Waals surface area contributed by atoms with Crippen molar-refractivity contribution in [1.29, 1.82) is 0 Å². The molecule has 0 unspecified atom stereocenters. The molecule has 0 amide bonds. The Balaban J connectivity index is 2.14. The van der Waals surface area contributed by atoms with Crippen LogP contribution in [0, 0.1) is 0 Å². The van der Waals surface area contributed by atoms with Crippen LogP contribution < -0.4 is 15.8 Å². The highest BCUT2D eigenvalue weighted by Crippen LogP contribution is 2.39. The first kappa shape index (κ1) is 14.2. The van der Waals surface area contributed by atoms with Gasteiger partial charge in [-0.1, -0.05) is 26.8 Å². The molecule has 1 fully saturated rings. The molecular formula is C16H26N2O. The lowest BCUT2D eigenvalue weighted by Gasteiger charge is -2.26. The molecule has 1 aromatic rings. The molecule has 0 spiro atoms. The number of hydrogen-bond acceptors (Lipinski definition) is 3. The quantitative estimate of drug-likeness (QED) is 0.856. The summed E-state index contributed by atoms with van der Waals surface area (Å²) in [4.78, 5) is 0. The summed E-state index contributed by atoms with van der Waals surface area (Å²) < 4.78 is 6.00. The SMILES string of the molecule is CNc1cccc(OCCC2(N)CC2)c1C(C)(C)C. The van der Waals surface area contributed by atoms with Crippen molar-refractivity contribution in [2.24, 2.45) is 5.73 Å². The first-order chi connectivity index (χ1) is 8.86. The number of nitrogens with two attached hydrogens (primary N) is 1. The van der Waals surface area contributed by atoms with Crippen molar-refractivity contribution < 1.29 is 4.74 Å². The lowest BCUT2D eigenvalue weighted by atomic mass is 9.85. The van der Waals surface area contributed by atoms with Crippen LogP contribution in [-0.4, -0.2) is 19.2 Å². The smallest absolute Gasteiger partial charge is 0.125 e. The van der Waals surface area contributed by atoms with Crippen molar-refractivity contribution >= 4 is 5.69 Å². The van der Waals surface area contributed by atoms with Crippen molar-refractivity contribution in [2.45, 2.75) is 51.0 Å². The Bertz CT molecular complexity index is 445. The summed E-state index contributed by atoms with van der Waals surface area (Å²) in [5.41, 5.74) is 8.58. The summed E-state index contributed by atoms with van der Waals surface area (Å²) in [7, 11) is 1.95. The normalized spacial score (nSPS) is 17.1. The molecule has 0 bridgehead atoms. The number of rotatable bonds is 5. The maximum absolute atomic E-state index is 6.10. The van der Waals surface area contributed by atoms with Crippen LogP contribution in [0.1, 0.15) is 45.6 Å². The Labute approximate surface area is 116 Å². The van der Waals surface area contributed by atoms with Crippen LogP contribution in [0.4, 0.5) is 5.69 Å². The summed E-state index contributed by atoms with van der Waals surface area (Å²) in [6.07, 6.45) is 3.22. The summed E-state index contributed by atoms with van der Waals surface area (Å²) in [6, 6.07) is 6.18. The summed E-state index contributed by atoms with van der Waals surface area (Å²) >= 11 is 0. The predicted molar refractivity (Wildman–Crippen MR) is 81.0 cm³/mol. The van der Waals surface area contributed by atoms with E-state index in [1.165, 1.54) is 5.56 Å². The maximum atomic E-state index is 6.10. The van der Waals surface area contributed by atoms with Gasteiger partial charge in [-0.2, -0.15) is 0 Å². The van der Waals surface area contributed by atoms with Crippen molar-refractivity contribution in [3.05, 3.63) is 23.8 Å². The molecule has 19 heavy (non-hydrogen) atoms. The first-order valence-electron chi connectivity index (χ1n) is 7.09. The van der Waals surface area contributed by atoms with Gasteiger partial charge in [0.1, 0.15) is 5.75 Å². The Morgan fingerprint density at radius 1 is 1.32 bits per heavy atom. The fraction of sp³-hybridized carbons (Fsp3) is 0.625. The summed E-state index contributed by atoms with van der Waals surface area (Å²) in [5.74, 6) is 0.976. The second-order valence-electron chi connectivity index (χ2n) is 6.64. The zero-order valence-corrected chi connectivity index (χ0v) is 12.5. The van der Waals surface area contributed by atoms with E-state index in [4.69, 9.17) is 10.5 Å². The second-order valence-corrected chi connectivity index (χ2v) is 6.64. The Kier molecular flexibility index (Phi) is 3.77. The Morgan fingerprint density at radius 2 is 2.00 bits per heavy atom. The van der Waals surface area contributed by atoms with Gasteiger partial charge in [0.05, 0.1) is 6.61 Å². The van der Waals surface area contributed by atoms with E-state index < -0.39 is 0 Å². The van der Waals surface area contributed by atoms with Crippen molar-refractivity contribution in [3.63, 3.8) is 0 Å². The van der Waals surface area contributed by atoms with Crippen LogP contribution in [0.25, 0.3) is 0 Å². The van der Waals surface area contributed by atoms with Crippen molar-refractivity contribution in [1.82, 2.24) is 0 Å². The first-order valence-corrected chi connectivity index (χ1v) is 7.09. The summed E-state index contributed by atoms with van der Waals surface area (Å²) in [6.45, 7) is 7.33. The van der Waals surface area contributed by atoms with Gasteiger partial charge in [-0.15, -0.1) is 0 Å². The van der Waals surface area contributed by atoms with Crippen LogP contribution >= 0.6 is 0 Å². The molecule has 0 radical (unpaired) electrons. The van der Waals surface area contributed by atoms with Gasteiger partial charge in [0, 0.05) is 23.8 Å². The lowest BCUT2D eigenvalue weighted by molar-refractivity contribution is 0.287. The van der Waals surface area contributed by atoms with E-state index in [1.807, 2.05) is 13.1 Å². The van der Waals surface area contributed by atoms with Gasteiger partial charge >= 0.3 is 0 Å². The monoisotopic (exact) mass is 262 g/mol. The third kappa shape index (κ3) is 3.41. The maximum Gasteiger partial charge on any atom is 0.125 e. The van der Waals surface area contributed by atoms with Crippen LogP contribution in [0.15, 0.2) is 18.2 Å². The third-order valence-electron chi connectivity index (χ3n) is 3.80. The molecule has 1 saturated carbocycles. The van der Waals surface area contributed by atoms with E-state index in [-0.39, 0.29) is 11.0 Å². The Morgan fingerprint density at radius 3 is 2.53 bits per heavy atom. The van der Waals surface area contributed by atoms with Crippen molar-refractivity contribution in [2.75, 3.05) is 19.0 Å². The topological polar surface area (TPSA) is 47.3 Å². The zero-order valence-electron chi connectivity index (χ0n) is 12.5. The average molecular weight is 262 g/mol. The minimum absolute atomic E-state index is 0.0505. The molecule has 2 rings (SSSR count). The number of ether oxygens (including phenoxy) is 1. The highest BCUT2D eigenvalue weighted by molar-refractivity contribution is 5.60. The van der Waals surface area contributed by atoms with Crippen LogP contribution in [-0.2, 0) is 5.41 Å². The standard InChI is InChI=1S/C16H26N2O/c1-15(2,3)14-12(18-4)6-5-7-13(14)19-11-10-16(17)8-9-16/h5-7,18H,8-11,17H2,1-4H3. The van der Waals surface area contributed by atoms with Crippen LogP contribution in [0.5, 0.6) is 5.75 Å². The van der Waals surface area contributed by atoms with Gasteiger partial charge < -0.3 is 15.8 Å². The van der Waals surface area contributed by atoms with E-state index in [2.05, 4.69) is 38.2 Å². The molecule has 1 aliphatic carbocycles. The lowest BCUT2D eigenvalue weighted by Crippen LogP contribution is -2.24. The van der Waals surface area contributed by atoms with Crippen molar-refractivity contribution in [3.8, 4) is 5.75 Å². The highest BCUT2D eigenvalue weighted by Gasteiger charge is 2.37. The van der Waals surface area contributed by atoms with Gasteiger partial charge in [0.15, 0.2) is 0 Å². The van der Waals surface area contributed by atoms with Gasteiger partial charge in [-0.05, 0) is 36.8 Å². The van der Waals surface area contributed by atoms with E-state index in [1.54, 1.807) is 0 Å². The van der Waals surface area contributed by atoms with Gasteiger partial charge in [-0.25, -0.2) is 0 Å². The molecule has 3 heteroatoms. The third-order valence-corrected chi connectivity index (χ3v) is 3.80. The number of hydrogen-bond donors (Lipinski definition) is 2. The minimum atomic E-state index is 0.0505. The van der Waals surface area contributed by atoms with Gasteiger partial charge in [0.2, 0.25) is 0 Å². The van der Waals surface area contributed by atoms with Crippen LogP contribution in [0.2, 0.25) is 0 Å². The summed E-state index contributed by atoms with van der Waals surface area (Å²) in [5, 5.41) is 3.26. The Hall–Kier alpha value is -1.22. The number of anilines is 1. The second kappa shape index (κ2) is 5.04. The minimum Gasteiger partial charge on any atom is -0.493 e. The van der Waals surface area contributed by atoms with E-state index in [0.717, 1.165) is 30.7 Å². The predicted octanol–water partition coefficient (Wildman–Crippen LogP) is 3.29. The zero-order chi connectivity index (χ0) is 14.1. The van der Waals surface area contributed by atoms with E-state index in [9.17, 15) is 0 Å². The number of nitrogens with one attached hydrogen (secondary N) is 1. The fourth-order valence-electron chi connectivity index (χ4n) is 2.41. The molecule has 1 aromatic carbocycles. The van der Waals surface area contributed by atoms with Crippen LogP contribution in [0.3, 0.4) is 0 Å².